The molecule has 1 saturated carbocycles. The molecular formula is C13H27NO2S. The van der Waals surface area contributed by atoms with Crippen molar-refractivity contribution >= 4 is 9.84 Å². The number of hydrogen-bond donors (Lipinski definition) is 1. The van der Waals surface area contributed by atoms with E-state index in [2.05, 4.69) is 19.2 Å². The fourth-order valence-corrected chi connectivity index (χ4v) is 3.42. The predicted molar refractivity (Wildman–Crippen MR) is 72.9 cm³/mol. The van der Waals surface area contributed by atoms with Gasteiger partial charge in [0.05, 0.1) is 5.75 Å². The number of rotatable bonds is 7. The van der Waals surface area contributed by atoms with Crippen LogP contribution in [0.25, 0.3) is 0 Å². The minimum atomic E-state index is -2.82. The summed E-state index contributed by atoms with van der Waals surface area (Å²) in [5, 5.41) is 3.46. The molecule has 0 spiro atoms. The van der Waals surface area contributed by atoms with Gasteiger partial charge in [-0.3, -0.25) is 0 Å². The fourth-order valence-electron chi connectivity index (χ4n) is 2.69. The summed E-state index contributed by atoms with van der Waals surface area (Å²) in [6.45, 7) is 5.25. The molecule has 0 amide bonds. The zero-order chi connectivity index (χ0) is 12.9. The van der Waals surface area contributed by atoms with Gasteiger partial charge in [-0.05, 0) is 24.8 Å². The van der Waals surface area contributed by atoms with E-state index in [1.165, 1.54) is 31.9 Å². The van der Waals surface area contributed by atoms with E-state index >= 15 is 0 Å². The SMILES string of the molecule is CC(C)NCC(CCS(C)(=O)=O)C1CCCC1. The molecular weight excluding hydrogens is 234 g/mol. The molecule has 0 aromatic heterocycles. The molecule has 1 N–H and O–H groups in total. The van der Waals surface area contributed by atoms with Crippen molar-refractivity contribution < 1.29 is 8.42 Å². The van der Waals surface area contributed by atoms with Crippen LogP contribution in [0.1, 0.15) is 46.0 Å². The average Bonchev–Trinajstić information content (AvgIpc) is 2.68. The maximum atomic E-state index is 11.3. The molecule has 1 fully saturated rings. The van der Waals surface area contributed by atoms with Crippen LogP contribution >= 0.6 is 0 Å². The lowest BCUT2D eigenvalue weighted by molar-refractivity contribution is 0.307. The van der Waals surface area contributed by atoms with Gasteiger partial charge >= 0.3 is 0 Å². The van der Waals surface area contributed by atoms with Crippen LogP contribution in [0, 0.1) is 11.8 Å². The summed E-state index contributed by atoms with van der Waals surface area (Å²) >= 11 is 0. The van der Waals surface area contributed by atoms with Crippen molar-refractivity contribution in [3.63, 3.8) is 0 Å². The van der Waals surface area contributed by atoms with E-state index in [1.807, 2.05) is 0 Å². The lowest BCUT2D eigenvalue weighted by Gasteiger charge is -2.24. The van der Waals surface area contributed by atoms with Crippen LogP contribution in [0.2, 0.25) is 0 Å². The predicted octanol–water partition coefficient (Wildman–Crippen LogP) is 2.23. The second kappa shape index (κ2) is 6.74. The summed E-state index contributed by atoms with van der Waals surface area (Å²) < 4.78 is 22.5. The Hall–Kier alpha value is -0.0900. The Kier molecular flexibility index (Phi) is 5.93. The second-order valence-corrected chi connectivity index (χ2v) is 8.05. The van der Waals surface area contributed by atoms with Crippen molar-refractivity contribution in [3.05, 3.63) is 0 Å². The maximum Gasteiger partial charge on any atom is 0.147 e. The number of hydrogen-bond acceptors (Lipinski definition) is 3. The largest absolute Gasteiger partial charge is 0.314 e. The maximum absolute atomic E-state index is 11.3. The van der Waals surface area contributed by atoms with Gasteiger partial charge in [-0.1, -0.05) is 39.5 Å². The molecule has 1 rings (SSSR count). The van der Waals surface area contributed by atoms with Crippen LogP contribution in [-0.2, 0) is 9.84 Å². The fraction of sp³-hybridized carbons (Fsp3) is 1.00. The molecule has 17 heavy (non-hydrogen) atoms. The Balaban J connectivity index is 2.46. The highest BCUT2D eigenvalue weighted by molar-refractivity contribution is 7.90. The Labute approximate surface area is 106 Å². The van der Waals surface area contributed by atoms with Crippen LogP contribution in [-0.4, -0.2) is 33.0 Å². The minimum Gasteiger partial charge on any atom is -0.314 e. The number of sulfone groups is 1. The highest BCUT2D eigenvalue weighted by Crippen LogP contribution is 2.33. The lowest BCUT2D eigenvalue weighted by Crippen LogP contribution is -2.33. The average molecular weight is 261 g/mol. The van der Waals surface area contributed by atoms with Gasteiger partial charge in [0.2, 0.25) is 0 Å². The molecule has 1 aliphatic rings. The highest BCUT2D eigenvalue weighted by atomic mass is 32.2. The second-order valence-electron chi connectivity index (χ2n) is 5.79. The van der Waals surface area contributed by atoms with Crippen molar-refractivity contribution in [1.82, 2.24) is 5.32 Å². The molecule has 1 atom stereocenters. The van der Waals surface area contributed by atoms with Crippen molar-refractivity contribution in [3.8, 4) is 0 Å². The van der Waals surface area contributed by atoms with Gasteiger partial charge in [0.15, 0.2) is 0 Å². The van der Waals surface area contributed by atoms with Crippen molar-refractivity contribution in [1.29, 1.82) is 0 Å². The summed E-state index contributed by atoms with van der Waals surface area (Å²) in [5.41, 5.74) is 0. The van der Waals surface area contributed by atoms with E-state index in [-0.39, 0.29) is 0 Å². The van der Waals surface area contributed by atoms with E-state index in [9.17, 15) is 8.42 Å². The van der Waals surface area contributed by atoms with Gasteiger partial charge in [-0.2, -0.15) is 0 Å². The van der Waals surface area contributed by atoms with Gasteiger partial charge in [0.1, 0.15) is 9.84 Å². The zero-order valence-electron chi connectivity index (χ0n) is 11.4. The van der Waals surface area contributed by atoms with Gasteiger partial charge < -0.3 is 5.32 Å². The Morgan fingerprint density at radius 2 is 1.82 bits per heavy atom. The van der Waals surface area contributed by atoms with Crippen LogP contribution in [0.3, 0.4) is 0 Å². The normalized spacial score (nSPS) is 20.0. The van der Waals surface area contributed by atoms with E-state index < -0.39 is 9.84 Å². The Bertz CT molecular complexity index is 305. The molecule has 0 aliphatic heterocycles. The van der Waals surface area contributed by atoms with Gasteiger partial charge in [0.25, 0.3) is 0 Å². The minimum absolute atomic E-state index is 0.341. The third-order valence-electron chi connectivity index (χ3n) is 3.71. The summed E-state index contributed by atoms with van der Waals surface area (Å²) in [6, 6.07) is 0.483. The van der Waals surface area contributed by atoms with Gasteiger partial charge in [-0.15, -0.1) is 0 Å². The van der Waals surface area contributed by atoms with Crippen LogP contribution in [0.4, 0.5) is 0 Å². The smallest absolute Gasteiger partial charge is 0.147 e. The first-order valence-electron chi connectivity index (χ1n) is 6.79. The molecule has 4 heteroatoms. The van der Waals surface area contributed by atoms with E-state index in [4.69, 9.17) is 0 Å². The van der Waals surface area contributed by atoms with Crippen molar-refractivity contribution in [2.75, 3.05) is 18.6 Å². The molecule has 0 aromatic rings. The summed E-state index contributed by atoms with van der Waals surface area (Å²) in [7, 11) is -2.82. The molecule has 0 bridgehead atoms. The van der Waals surface area contributed by atoms with Crippen LogP contribution < -0.4 is 5.32 Å². The van der Waals surface area contributed by atoms with E-state index in [0.717, 1.165) is 18.9 Å². The topological polar surface area (TPSA) is 46.2 Å². The Morgan fingerprint density at radius 3 is 2.29 bits per heavy atom. The molecule has 0 radical (unpaired) electrons. The highest BCUT2D eigenvalue weighted by Gasteiger charge is 2.25. The molecule has 0 aromatic carbocycles. The summed E-state index contributed by atoms with van der Waals surface area (Å²) in [4.78, 5) is 0. The molecule has 3 nitrogen and oxygen atoms in total. The summed E-state index contributed by atoms with van der Waals surface area (Å²) in [6.07, 6.45) is 7.38. The van der Waals surface area contributed by atoms with Crippen molar-refractivity contribution in [2.24, 2.45) is 11.8 Å². The standard InChI is InChI=1S/C13H27NO2S/c1-11(2)14-10-13(8-9-17(3,15)16)12-6-4-5-7-12/h11-14H,4-10H2,1-3H3. The van der Waals surface area contributed by atoms with Crippen LogP contribution in [0.5, 0.6) is 0 Å². The number of nitrogens with one attached hydrogen (secondary N) is 1. The van der Waals surface area contributed by atoms with Crippen molar-refractivity contribution in [2.45, 2.75) is 52.0 Å². The molecule has 0 heterocycles. The molecule has 1 aliphatic carbocycles. The van der Waals surface area contributed by atoms with Crippen LogP contribution in [0.15, 0.2) is 0 Å². The first-order chi connectivity index (χ1) is 7.88. The summed E-state index contributed by atoms with van der Waals surface area (Å²) in [5.74, 6) is 1.62. The third-order valence-corrected chi connectivity index (χ3v) is 4.69. The quantitative estimate of drug-likeness (QED) is 0.764. The first kappa shape index (κ1) is 15.0. The third kappa shape index (κ3) is 6.41. The van der Waals surface area contributed by atoms with Gasteiger partial charge in [-0.25, -0.2) is 8.42 Å². The first-order valence-corrected chi connectivity index (χ1v) is 8.85. The molecule has 102 valence electrons. The molecule has 0 saturated heterocycles. The van der Waals surface area contributed by atoms with E-state index in [1.54, 1.807) is 0 Å². The monoisotopic (exact) mass is 261 g/mol. The molecule has 1 unspecified atom stereocenters. The Morgan fingerprint density at radius 1 is 1.24 bits per heavy atom. The zero-order valence-corrected chi connectivity index (χ0v) is 12.2. The van der Waals surface area contributed by atoms with E-state index in [0.29, 0.717) is 17.7 Å². The lowest BCUT2D eigenvalue weighted by atomic mass is 9.88. The van der Waals surface area contributed by atoms with Gasteiger partial charge in [0, 0.05) is 12.3 Å².